The van der Waals surface area contributed by atoms with E-state index in [1.54, 1.807) is 73.7 Å². The Balaban J connectivity index is 0.000000480. The van der Waals surface area contributed by atoms with E-state index in [9.17, 15) is 22.8 Å². The third-order valence-corrected chi connectivity index (χ3v) is 4.79. The molecule has 2 aromatic rings. The van der Waals surface area contributed by atoms with Gasteiger partial charge in [0.1, 0.15) is 11.5 Å². The van der Waals surface area contributed by atoms with Gasteiger partial charge in [-0.25, -0.2) is 8.42 Å². The van der Waals surface area contributed by atoms with Crippen LogP contribution in [0.5, 0.6) is 0 Å². The van der Waals surface area contributed by atoms with Crippen LogP contribution >= 0.6 is 0 Å². The largest absolute Gasteiger partial charge is 0.295 e. The number of Topliss-reactive ketones (excluding diaryl/α,β-unsaturated/α-hetero) is 2. The molecule has 0 amide bonds. The summed E-state index contributed by atoms with van der Waals surface area (Å²) in [5.74, 6) is -2.20. The van der Waals surface area contributed by atoms with E-state index in [0.29, 0.717) is 11.1 Å². The lowest BCUT2D eigenvalue weighted by molar-refractivity contribution is -0.112. The van der Waals surface area contributed by atoms with Gasteiger partial charge < -0.3 is 0 Å². The van der Waals surface area contributed by atoms with Crippen LogP contribution in [0.1, 0.15) is 41.5 Å². The first-order valence-corrected chi connectivity index (χ1v) is 10.5. The number of benzene rings is 2. The molecule has 28 heavy (non-hydrogen) atoms. The Kier molecular flexibility index (Phi) is 9.18. The normalized spacial score (nSPS) is 10.2. The zero-order chi connectivity index (χ0) is 21.2. The van der Waals surface area contributed by atoms with Gasteiger partial charge in [0.25, 0.3) is 0 Å². The summed E-state index contributed by atoms with van der Waals surface area (Å²) in [4.78, 5) is 34.0. The monoisotopic (exact) mass is 400 g/mol. The van der Waals surface area contributed by atoms with Crippen LogP contribution in [0.4, 0.5) is 0 Å². The fraction of sp³-hybridized carbons (Fsp3) is 0.227. The second-order valence-electron chi connectivity index (χ2n) is 6.44. The second-order valence-corrected chi connectivity index (χ2v) is 8.51. The van der Waals surface area contributed by atoms with Crippen molar-refractivity contribution in [3.8, 4) is 0 Å². The molecule has 0 aromatic heterocycles. The van der Waals surface area contributed by atoms with Crippen LogP contribution < -0.4 is 0 Å². The Morgan fingerprint density at radius 3 is 1.32 bits per heavy atom. The molecule has 0 saturated heterocycles. The van der Waals surface area contributed by atoms with Crippen molar-refractivity contribution >= 4 is 27.2 Å². The van der Waals surface area contributed by atoms with Gasteiger partial charge in [0.2, 0.25) is 0 Å². The minimum atomic E-state index is -3.78. The highest BCUT2D eigenvalue weighted by Gasteiger charge is 2.22. The van der Waals surface area contributed by atoms with Gasteiger partial charge in [0.05, 0.1) is 0 Å². The third-order valence-electron chi connectivity index (χ3n) is 3.39. The first-order chi connectivity index (χ1) is 13.1. The van der Waals surface area contributed by atoms with Gasteiger partial charge in [-0.1, -0.05) is 66.2 Å². The maximum atomic E-state index is 12.0. The molecule has 0 spiro atoms. The van der Waals surface area contributed by atoms with E-state index < -0.39 is 32.9 Å². The maximum absolute atomic E-state index is 12.0. The topological polar surface area (TPSA) is 85.3 Å². The van der Waals surface area contributed by atoms with E-state index in [1.807, 2.05) is 13.8 Å². The van der Waals surface area contributed by atoms with Gasteiger partial charge in [-0.2, -0.15) is 0 Å². The zero-order valence-corrected chi connectivity index (χ0v) is 17.0. The Hall–Kier alpha value is -2.86. The molecule has 0 N–H and O–H groups in total. The minimum absolute atomic E-state index is 0.125. The molecule has 0 atom stereocenters. The van der Waals surface area contributed by atoms with Crippen molar-refractivity contribution in [1.29, 1.82) is 0 Å². The average Bonchev–Trinajstić information content (AvgIpc) is 2.61. The van der Waals surface area contributed by atoms with E-state index in [1.165, 1.54) is 0 Å². The maximum Gasteiger partial charge on any atom is 0.177 e. The van der Waals surface area contributed by atoms with Crippen LogP contribution in [-0.4, -0.2) is 37.3 Å². The Labute approximate surface area is 166 Å². The Bertz CT molecular complexity index is 879. The molecule has 0 aliphatic heterocycles. The van der Waals surface area contributed by atoms with Gasteiger partial charge in [0.15, 0.2) is 27.2 Å². The summed E-state index contributed by atoms with van der Waals surface area (Å²) in [5, 5.41) is 0. The van der Waals surface area contributed by atoms with Crippen LogP contribution in [0.2, 0.25) is 0 Å². The average molecular weight is 400 g/mol. The lowest BCUT2D eigenvalue weighted by atomic mass is 10.1. The highest BCUT2D eigenvalue weighted by Crippen LogP contribution is 2.06. The number of ketones is 3. The molecule has 5 nitrogen and oxygen atoms in total. The Morgan fingerprint density at radius 1 is 0.714 bits per heavy atom. The summed E-state index contributed by atoms with van der Waals surface area (Å²) in [6.07, 6.45) is 1.61. The van der Waals surface area contributed by atoms with Gasteiger partial charge in [-0.3, -0.25) is 14.4 Å². The van der Waals surface area contributed by atoms with Crippen molar-refractivity contribution < 1.29 is 22.8 Å². The molecule has 6 heteroatoms. The van der Waals surface area contributed by atoms with Crippen molar-refractivity contribution in [2.75, 3.05) is 11.5 Å². The first-order valence-electron chi connectivity index (χ1n) is 8.63. The summed E-state index contributed by atoms with van der Waals surface area (Å²) < 4.78 is 23.9. The summed E-state index contributed by atoms with van der Waals surface area (Å²) in [5.41, 5.74) is 1.72. The molecule has 2 rings (SSSR count). The van der Waals surface area contributed by atoms with Gasteiger partial charge in [0, 0.05) is 11.1 Å². The number of rotatable bonds is 7. The van der Waals surface area contributed by atoms with E-state index >= 15 is 0 Å². The third kappa shape index (κ3) is 9.19. The summed E-state index contributed by atoms with van der Waals surface area (Å²) in [6, 6.07) is 16.3. The van der Waals surface area contributed by atoms with Crippen LogP contribution in [-0.2, 0) is 14.6 Å². The van der Waals surface area contributed by atoms with E-state index in [-0.39, 0.29) is 5.78 Å². The quantitative estimate of drug-likeness (QED) is 0.522. The van der Waals surface area contributed by atoms with E-state index in [2.05, 4.69) is 0 Å². The van der Waals surface area contributed by atoms with E-state index in [0.717, 1.165) is 5.57 Å². The minimum Gasteiger partial charge on any atom is -0.295 e. The Morgan fingerprint density at radius 2 is 1.07 bits per heavy atom. The van der Waals surface area contributed by atoms with Crippen LogP contribution in [0.15, 0.2) is 72.3 Å². The lowest BCUT2D eigenvalue weighted by Gasteiger charge is -2.04. The molecular formula is C22H24O5S. The lowest BCUT2D eigenvalue weighted by Crippen LogP contribution is -2.23. The van der Waals surface area contributed by atoms with Crippen molar-refractivity contribution in [3.63, 3.8) is 0 Å². The number of sulfone groups is 1. The van der Waals surface area contributed by atoms with Crippen molar-refractivity contribution in [1.82, 2.24) is 0 Å². The molecule has 0 heterocycles. The summed E-state index contributed by atoms with van der Waals surface area (Å²) in [6.45, 7) is 5.36. The zero-order valence-electron chi connectivity index (χ0n) is 16.2. The van der Waals surface area contributed by atoms with Crippen molar-refractivity contribution in [2.24, 2.45) is 0 Å². The SMILES string of the molecule is CC(=O)C=C(C)C.O=C(CS(=O)(=O)CC(=O)c1ccccc1)c1ccccc1. The summed E-state index contributed by atoms with van der Waals surface area (Å²) >= 11 is 0. The highest BCUT2D eigenvalue weighted by molar-refractivity contribution is 7.92. The number of carbonyl (C=O) groups is 3. The van der Waals surface area contributed by atoms with Gasteiger partial charge in [-0.05, 0) is 26.8 Å². The van der Waals surface area contributed by atoms with Crippen LogP contribution in [0.25, 0.3) is 0 Å². The smallest absolute Gasteiger partial charge is 0.177 e. The molecule has 148 valence electrons. The predicted octanol–water partition coefficient (Wildman–Crippen LogP) is 3.71. The number of hydrogen-bond acceptors (Lipinski definition) is 5. The van der Waals surface area contributed by atoms with Gasteiger partial charge in [-0.15, -0.1) is 0 Å². The molecular weight excluding hydrogens is 376 g/mol. The number of hydrogen-bond donors (Lipinski definition) is 0. The molecule has 0 bridgehead atoms. The molecule has 0 aliphatic carbocycles. The fourth-order valence-electron chi connectivity index (χ4n) is 2.27. The molecule has 0 aliphatic rings. The molecule has 0 saturated carbocycles. The van der Waals surface area contributed by atoms with E-state index in [4.69, 9.17) is 0 Å². The standard InChI is InChI=1S/C16H14O4S.C6H10O/c17-15(13-7-3-1-4-8-13)11-21(19,20)12-16(18)14-9-5-2-6-10-14;1-5(2)4-6(3)7/h1-10H,11-12H2;4H,1-3H3. The molecule has 0 radical (unpaired) electrons. The first kappa shape index (κ1) is 23.2. The fourth-order valence-corrected chi connectivity index (χ4v) is 3.51. The van der Waals surface area contributed by atoms with Crippen molar-refractivity contribution in [3.05, 3.63) is 83.4 Å². The molecule has 2 aromatic carbocycles. The number of allylic oxidation sites excluding steroid dienone is 2. The molecule has 0 unspecified atom stereocenters. The van der Waals surface area contributed by atoms with Crippen LogP contribution in [0, 0.1) is 0 Å². The van der Waals surface area contributed by atoms with Crippen LogP contribution in [0.3, 0.4) is 0 Å². The predicted molar refractivity (Wildman–Crippen MR) is 110 cm³/mol. The van der Waals surface area contributed by atoms with Crippen molar-refractivity contribution in [2.45, 2.75) is 20.8 Å². The highest BCUT2D eigenvalue weighted by atomic mass is 32.2. The second kappa shape index (κ2) is 11.1. The molecule has 0 fully saturated rings. The summed E-state index contributed by atoms with van der Waals surface area (Å²) in [7, 11) is -3.78. The number of carbonyl (C=O) groups excluding carboxylic acids is 3. The van der Waals surface area contributed by atoms with Gasteiger partial charge >= 0.3 is 0 Å².